The molecule has 192 valence electrons. The van der Waals surface area contributed by atoms with Crippen LogP contribution in [0.25, 0.3) is 11.1 Å². The molecule has 4 rings (SSSR count). The number of anilines is 1. The molecule has 0 fully saturated rings. The van der Waals surface area contributed by atoms with Crippen molar-refractivity contribution in [3.05, 3.63) is 76.4 Å². The van der Waals surface area contributed by atoms with E-state index in [4.69, 9.17) is 9.47 Å². The number of aromatic nitrogens is 3. The zero-order valence-electron chi connectivity index (χ0n) is 21.3. The highest BCUT2D eigenvalue weighted by Gasteiger charge is 2.23. The van der Waals surface area contributed by atoms with Crippen molar-refractivity contribution in [3.8, 4) is 16.9 Å². The molecule has 0 aliphatic carbocycles. The maximum atomic E-state index is 12.8. The lowest BCUT2D eigenvalue weighted by Crippen LogP contribution is -2.16. The number of rotatable bonds is 9. The summed E-state index contributed by atoms with van der Waals surface area (Å²) in [7, 11) is 3.17. The molecule has 8 nitrogen and oxygen atoms in total. The van der Waals surface area contributed by atoms with E-state index in [-0.39, 0.29) is 17.8 Å². The number of thiophene rings is 1. The Morgan fingerprint density at radius 3 is 2.59 bits per heavy atom. The van der Waals surface area contributed by atoms with Crippen LogP contribution < -0.4 is 10.1 Å². The third-order valence-electron chi connectivity index (χ3n) is 5.94. The van der Waals surface area contributed by atoms with Crippen molar-refractivity contribution >= 4 is 40.0 Å². The van der Waals surface area contributed by atoms with Gasteiger partial charge in [-0.25, -0.2) is 4.79 Å². The summed E-state index contributed by atoms with van der Waals surface area (Å²) in [4.78, 5) is 25.3. The van der Waals surface area contributed by atoms with Crippen molar-refractivity contribution < 1.29 is 19.1 Å². The van der Waals surface area contributed by atoms with Crippen LogP contribution in [-0.2, 0) is 16.6 Å². The van der Waals surface area contributed by atoms with Crippen molar-refractivity contribution in [1.82, 2.24) is 14.8 Å². The van der Waals surface area contributed by atoms with Crippen LogP contribution >= 0.6 is 23.1 Å². The molecule has 0 aliphatic rings. The molecule has 1 N–H and O–H groups in total. The molecule has 0 bridgehead atoms. The number of carbonyl (C=O) groups is 2. The van der Waals surface area contributed by atoms with E-state index >= 15 is 0 Å². The Kier molecular flexibility index (Phi) is 8.30. The Hall–Kier alpha value is -3.63. The molecule has 0 saturated heterocycles. The number of benzene rings is 2. The van der Waals surface area contributed by atoms with Gasteiger partial charge >= 0.3 is 5.97 Å². The van der Waals surface area contributed by atoms with Gasteiger partial charge in [-0.3, -0.25) is 4.79 Å². The van der Waals surface area contributed by atoms with Gasteiger partial charge in [-0.2, -0.15) is 0 Å². The molecule has 0 saturated carbocycles. The zero-order valence-corrected chi connectivity index (χ0v) is 22.9. The normalized spacial score (nSPS) is 11.7. The van der Waals surface area contributed by atoms with E-state index < -0.39 is 5.97 Å². The summed E-state index contributed by atoms with van der Waals surface area (Å²) in [6, 6.07) is 15.5. The first-order valence-electron chi connectivity index (χ1n) is 11.6. The molecule has 1 atom stereocenters. The molecule has 0 radical (unpaired) electrons. The van der Waals surface area contributed by atoms with Gasteiger partial charge in [0.05, 0.1) is 12.9 Å². The van der Waals surface area contributed by atoms with E-state index in [0.29, 0.717) is 21.5 Å². The number of methoxy groups -OCH3 is 1. The molecule has 37 heavy (non-hydrogen) atoms. The minimum Gasteiger partial charge on any atom is -0.482 e. The van der Waals surface area contributed by atoms with Crippen molar-refractivity contribution in [2.24, 2.45) is 7.05 Å². The van der Waals surface area contributed by atoms with Gasteiger partial charge in [0.1, 0.15) is 16.3 Å². The summed E-state index contributed by atoms with van der Waals surface area (Å²) in [6.07, 6.45) is -0.327. The SMILES string of the molecule is COC(=O)c1c(-c2ccccc2)csc1NC(=O)CSc1nnc(C(C)Oc2cccc(C)c2C)n1C. The molecule has 2 heterocycles. The summed E-state index contributed by atoms with van der Waals surface area (Å²) >= 11 is 2.55. The third-order valence-corrected chi connectivity index (χ3v) is 7.86. The van der Waals surface area contributed by atoms with Crippen molar-refractivity contribution in [2.75, 3.05) is 18.2 Å². The van der Waals surface area contributed by atoms with Crippen molar-refractivity contribution in [1.29, 1.82) is 0 Å². The minimum atomic E-state index is -0.501. The smallest absolute Gasteiger partial charge is 0.341 e. The standard InChI is InChI=1S/C27H28N4O4S2/c1-16-10-9-13-21(17(16)2)35-18(3)24-29-30-27(31(24)4)37-15-22(32)28-25-23(26(33)34-5)20(14-36-25)19-11-7-6-8-12-19/h6-14,18H,15H2,1-5H3,(H,28,32). The van der Waals surface area contributed by atoms with Crippen LogP contribution in [0.1, 0.15) is 40.3 Å². The van der Waals surface area contributed by atoms with Crippen LogP contribution in [0.15, 0.2) is 59.1 Å². The summed E-state index contributed by atoms with van der Waals surface area (Å²) in [6.45, 7) is 5.99. The second-order valence-electron chi connectivity index (χ2n) is 8.41. The maximum absolute atomic E-state index is 12.8. The van der Waals surface area contributed by atoms with Gasteiger partial charge in [-0.15, -0.1) is 21.5 Å². The fraction of sp³-hybridized carbons (Fsp3) is 0.259. The van der Waals surface area contributed by atoms with Crippen LogP contribution in [0.3, 0.4) is 0 Å². The lowest BCUT2D eigenvalue weighted by atomic mass is 10.0. The first kappa shape index (κ1) is 26.4. The number of esters is 1. The van der Waals surface area contributed by atoms with Gasteiger partial charge < -0.3 is 19.4 Å². The number of hydrogen-bond acceptors (Lipinski definition) is 8. The van der Waals surface area contributed by atoms with Gasteiger partial charge in [0.2, 0.25) is 5.91 Å². The molecule has 0 aliphatic heterocycles. The van der Waals surface area contributed by atoms with Gasteiger partial charge in [0.15, 0.2) is 17.1 Å². The minimum absolute atomic E-state index is 0.0946. The number of aryl methyl sites for hydroxylation is 1. The quantitative estimate of drug-likeness (QED) is 0.213. The number of ether oxygens (including phenoxy) is 2. The number of carbonyl (C=O) groups excluding carboxylic acids is 2. The maximum Gasteiger partial charge on any atom is 0.341 e. The highest BCUT2D eigenvalue weighted by molar-refractivity contribution is 7.99. The van der Waals surface area contributed by atoms with E-state index in [0.717, 1.165) is 28.0 Å². The lowest BCUT2D eigenvalue weighted by Gasteiger charge is -2.16. The third kappa shape index (κ3) is 5.86. The lowest BCUT2D eigenvalue weighted by molar-refractivity contribution is -0.113. The Labute approximate surface area is 224 Å². The van der Waals surface area contributed by atoms with Crippen LogP contribution in [0.2, 0.25) is 0 Å². The molecule has 10 heteroatoms. The summed E-state index contributed by atoms with van der Waals surface area (Å²) in [5.74, 6) is 0.788. The molecule has 0 spiro atoms. The fourth-order valence-corrected chi connectivity index (χ4v) is 5.47. The van der Waals surface area contributed by atoms with Gasteiger partial charge in [-0.1, -0.05) is 54.2 Å². The Bertz CT molecular complexity index is 1420. The molecular weight excluding hydrogens is 508 g/mol. The van der Waals surface area contributed by atoms with E-state index in [1.54, 1.807) is 0 Å². The first-order chi connectivity index (χ1) is 17.8. The number of hydrogen-bond donors (Lipinski definition) is 1. The predicted octanol–water partition coefficient (Wildman–Crippen LogP) is 5.82. The largest absolute Gasteiger partial charge is 0.482 e. The number of nitrogens with zero attached hydrogens (tertiary/aromatic N) is 3. The zero-order chi connectivity index (χ0) is 26.5. The number of nitrogens with one attached hydrogen (secondary N) is 1. The summed E-state index contributed by atoms with van der Waals surface area (Å²) in [5, 5.41) is 14.3. The van der Waals surface area contributed by atoms with E-state index in [9.17, 15) is 9.59 Å². The summed E-state index contributed by atoms with van der Waals surface area (Å²) in [5.41, 5.74) is 4.17. The molecule has 4 aromatic rings. The van der Waals surface area contributed by atoms with Crippen LogP contribution in [0.4, 0.5) is 5.00 Å². The molecule has 1 unspecified atom stereocenters. The van der Waals surface area contributed by atoms with E-state index in [2.05, 4.69) is 15.5 Å². The Morgan fingerprint density at radius 1 is 1.11 bits per heavy atom. The van der Waals surface area contributed by atoms with E-state index in [1.807, 2.05) is 86.3 Å². The number of amides is 1. The van der Waals surface area contributed by atoms with Crippen LogP contribution in [-0.4, -0.2) is 39.5 Å². The molecular formula is C27H28N4O4S2. The second kappa shape index (κ2) is 11.6. The van der Waals surface area contributed by atoms with Crippen molar-refractivity contribution in [2.45, 2.75) is 32.0 Å². The Morgan fingerprint density at radius 2 is 1.86 bits per heavy atom. The second-order valence-corrected chi connectivity index (χ2v) is 10.2. The van der Waals surface area contributed by atoms with E-state index in [1.165, 1.54) is 30.2 Å². The Balaban J connectivity index is 1.43. The predicted molar refractivity (Wildman–Crippen MR) is 146 cm³/mol. The monoisotopic (exact) mass is 536 g/mol. The first-order valence-corrected chi connectivity index (χ1v) is 13.5. The van der Waals surface area contributed by atoms with Crippen LogP contribution in [0, 0.1) is 13.8 Å². The van der Waals surface area contributed by atoms with Crippen molar-refractivity contribution in [3.63, 3.8) is 0 Å². The number of thioether (sulfide) groups is 1. The average Bonchev–Trinajstić information content (AvgIpc) is 3.48. The van der Waals surface area contributed by atoms with Gasteiger partial charge in [0.25, 0.3) is 0 Å². The van der Waals surface area contributed by atoms with Crippen LogP contribution in [0.5, 0.6) is 5.75 Å². The highest BCUT2D eigenvalue weighted by Crippen LogP contribution is 2.36. The molecule has 2 aromatic heterocycles. The molecule has 1 amide bonds. The van der Waals surface area contributed by atoms with Gasteiger partial charge in [0, 0.05) is 18.0 Å². The van der Waals surface area contributed by atoms with Gasteiger partial charge in [-0.05, 0) is 43.5 Å². The summed E-state index contributed by atoms with van der Waals surface area (Å²) < 4.78 is 13.0. The molecule has 2 aromatic carbocycles. The average molecular weight is 537 g/mol. The fourth-order valence-electron chi connectivity index (χ4n) is 3.78. The topological polar surface area (TPSA) is 95.3 Å². The highest BCUT2D eigenvalue weighted by atomic mass is 32.2.